The molecule has 0 aliphatic heterocycles. The number of benzene rings is 2. The van der Waals surface area contributed by atoms with Gasteiger partial charge in [-0.1, -0.05) is 32.9 Å². The molecule has 0 spiro atoms. The standard InChI is InChI=1S/C26H23NOS2/c1-5-6-17-21(29)8-7-19-22(17)23-20(28-19)9-11-27-24(23)16-13-15-10-12-30-25(15)18(14-16)26(2,3)4/h5-14,29H,1-4H3/b6-5+. The van der Waals surface area contributed by atoms with Crippen molar-refractivity contribution < 1.29 is 4.42 Å². The van der Waals surface area contributed by atoms with Gasteiger partial charge >= 0.3 is 0 Å². The number of aromatic nitrogens is 1. The second-order valence-electron chi connectivity index (χ2n) is 8.62. The topological polar surface area (TPSA) is 26.0 Å². The molecule has 5 rings (SSSR count). The second-order valence-corrected chi connectivity index (χ2v) is 10.0. The quantitative estimate of drug-likeness (QED) is 0.285. The van der Waals surface area contributed by atoms with E-state index in [4.69, 9.17) is 22.0 Å². The summed E-state index contributed by atoms with van der Waals surface area (Å²) in [5.41, 5.74) is 6.24. The van der Waals surface area contributed by atoms with Crippen molar-refractivity contribution in [1.82, 2.24) is 4.98 Å². The number of thiol groups is 1. The van der Waals surface area contributed by atoms with Crippen LogP contribution in [0.2, 0.25) is 0 Å². The SMILES string of the molecule is C/C=C/c1c(S)ccc2oc3ccnc(-c4cc(C(C)(C)C)c5sccc5c4)c3c12. The van der Waals surface area contributed by atoms with Crippen LogP contribution in [0.5, 0.6) is 0 Å². The van der Waals surface area contributed by atoms with Crippen LogP contribution in [0.25, 0.3) is 49.4 Å². The van der Waals surface area contributed by atoms with Crippen LogP contribution in [-0.4, -0.2) is 4.98 Å². The van der Waals surface area contributed by atoms with Gasteiger partial charge in [0.25, 0.3) is 0 Å². The number of allylic oxidation sites excluding steroid dienone is 1. The summed E-state index contributed by atoms with van der Waals surface area (Å²) in [6.45, 7) is 8.82. The predicted octanol–water partition coefficient (Wildman–Crippen LogP) is 8.48. The Morgan fingerprint density at radius 1 is 1.03 bits per heavy atom. The summed E-state index contributed by atoms with van der Waals surface area (Å²) in [5, 5.41) is 5.55. The van der Waals surface area contributed by atoms with Crippen molar-refractivity contribution in [3.05, 3.63) is 65.2 Å². The maximum absolute atomic E-state index is 6.22. The first-order chi connectivity index (χ1) is 14.4. The van der Waals surface area contributed by atoms with E-state index < -0.39 is 0 Å². The molecule has 0 unspecified atom stereocenters. The van der Waals surface area contributed by atoms with E-state index in [9.17, 15) is 0 Å². The molecule has 3 heterocycles. The number of rotatable bonds is 2. The minimum atomic E-state index is 0.0415. The largest absolute Gasteiger partial charge is 0.456 e. The summed E-state index contributed by atoms with van der Waals surface area (Å²) in [7, 11) is 0. The molecule has 0 saturated carbocycles. The Balaban J connectivity index is 1.92. The number of hydrogen-bond donors (Lipinski definition) is 1. The summed E-state index contributed by atoms with van der Waals surface area (Å²) in [4.78, 5) is 5.77. The number of thiophene rings is 1. The smallest absolute Gasteiger partial charge is 0.139 e. The first-order valence-electron chi connectivity index (χ1n) is 10.1. The molecule has 3 aromatic heterocycles. The number of furan rings is 1. The third kappa shape index (κ3) is 2.98. The fourth-order valence-electron chi connectivity index (χ4n) is 4.15. The highest BCUT2D eigenvalue weighted by Gasteiger charge is 2.22. The van der Waals surface area contributed by atoms with Crippen LogP contribution in [0.1, 0.15) is 38.8 Å². The molecule has 0 amide bonds. The Hall–Kier alpha value is -2.56. The van der Waals surface area contributed by atoms with Gasteiger partial charge in [-0.05, 0) is 70.6 Å². The van der Waals surface area contributed by atoms with Crippen LogP contribution >= 0.6 is 24.0 Å². The van der Waals surface area contributed by atoms with Crippen LogP contribution in [0.3, 0.4) is 0 Å². The summed E-state index contributed by atoms with van der Waals surface area (Å²) >= 11 is 6.52. The van der Waals surface area contributed by atoms with Crippen molar-refractivity contribution >= 4 is 62.1 Å². The van der Waals surface area contributed by atoms with Gasteiger partial charge in [0.2, 0.25) is 0 Å². The number of nitrogens with zero attached hydrogens (tertiary/aromatic N) is 1. The monoisotopic (exact) mass is 429 g/mol. The van der Waals surface area contributed by atoms with E-state index in [-0.39, 0.29) is 5.41 Å². The van der Waals surface area contributed by atoms with Crippen molar-refractivity contribution in [2.75, 3.05) is 0 Å². The summed E-state index contributed by atoms with van der Waals surface area (Å²) < 4.78 is 7.57. The number of hydrogen-bond acceptors (Lipinski definition) is 4. The van der Waals surface area contributed by atoms with E-state index in [1.54, 1.807) is 11.3 Å². The van der Waals surface area contributed by atoms with Crippen molar-refractivity contribution in [3.63, 3.8) is 0 Å². The zero-order chi connectivity index (χ0) is 21.0. The van der Waals surface area contributed by atoms with Gasteiger partial charge in [-0.15, -0.1) is 24.0 Å². The molecule has 0 radical (unpaired) electrons. The van der Waals surface area contributed by atoms with Gasteiger partial charge < -0.3 is 4.42 Å². The molecule has 30 heavy (non-hydrogen) atoms. The van der Waals surface area contributed by atoms with Gasteiger partial charge in [0, 0.05) is 26.7 Å². The highest BCUT2D eigenvalue weighted by Crippen LogP contribution is 2.42. The van der Waals surface area contributed by atoms with E-state index in [0.29, 0.717) is 0 Å². The third-order valence-electron chi connectivity index (χ3n) is 5.53. The van der Waals surface area contributed by atoms with Crippen LogP contribution < -0.4 is 0 Å². The highest BCUT2D eigenvalue weighted by molar-refractivity contribution is 7.80. The molecule has 0 aliphatic carbocycles. The molecule has 150 valence electrons. The lowest BCUT2D eigenvalue weighted by atomic mass is 9.84. The minimum absolute atomic E-state index is 0.0415. The number of pyridine rings is 1. The molecule has 0 atom stereocenters. The van der Waals surface area contributed by atoms with Gasteiger partial charge in [-0.3, -0.25) is 4.98 Å². The molecule has 2 aromatic carbocycles. The Kier molecular flexibility index (Phi) is 4.53. The first kappa shape index (κ1) is 19.4. The summed E-state index contributed by atoms with van der Waals surface area (Å²) in [6.07, 6.45) is 5.98. The normalized spacial score (nSPS) is 12.7. The van der Waals surface area contributed by atoms with Gasteiger partial charge in [0.05, 0.1) is 11.1 Å². The van der Waals surface area contributed by atoms with E-state index >= 15 is 0 Å². The van der Waals surface area contributed by atoms with Crippen LogP contribution in [0.4, 0.5) is 0 Å². The van der Waals surface area contributed by atoms with Crippen LogP contribution in [0, 0.1) is 0 Å². The van der Waals surface area contributed by atoms with E-state index in [2.05, 4.69) is 50.4 Å². The van der Waals surface area contributed by atoms with Crippen LogP contribution in [-0.2, 0) is 5.41 Å². The zero-order valence-electron chi connectivity index (χ0n) is 17.5. The fraction of sp³-hybridized carbons (Fsp3) is 0.192. The average molecular weight is 430 g/mol. The molecule has 0 aliphatic rings. The van der Waals surface area contributed by atoms with E-state index in [1.165, 1.54) is 15.6 Å². The van der Waals surface area contributed by atoms with Crippen LogP contribution in [0.15, 0.2) is 63.4 Å². The van der Waals surface area contributed by atoms with Crippen molar-refractivity contribution in [2.45, 2.75) is 38.0 Å². The Morgan fingerprint density at radius 2 is 1.83 bits per heavy atom. The van der Waals surface area contributed by atoms with Gasteiger partial charge in [0.15, 0.2) is 0 Å². The lowest BCUT2D eigenvalue weighted by Crippen LogP contribution is -2.11. The fourth-order valence-corrected chi connectivity index (χ4v) is 5.52. The summed E-state index contributed by atoms with van der Waals surface area (Å²) in [5.74, 6) is 0. The molecule has 4 heteroatoms. The lowest BCUT2D eigenvalue weighted by molar-refractivity contribution is 0.597. The lowest BCUT2D eigenvalue weighted by Gasteiger charge is -2.21. The molecule has 5 aromatic rings. The van der Waals surface area contributed by atoms with Crippen molar-refractivity contribution in [1.29, 1.82) is 0 Å². The van der Waals surface area contributed by atoms with Gasteiger partial charge in [-0.2, -0.15) is 0 Å². The molecule has 2 nitrogen and oxygen atoms in total. The highest BCUT2D eigenvalue weighted by atomic mass is 32.1. The first-order valence-corrected chi connectivity index (χ1v) is 11.4. The average Bonchev–Trinajstić information content (AvgIpc) is 3.32. The van der Waals surface area contributed by atoms with Crippen molar-refractivity contribution in [2.24, 2.45) is 0 Å². The molecular weight excluding hydrogens is 406 g/mol. The second kappa shape index (κ2) is 7.00. The van der Waals surface area contributed by atoms with E-state index in [0.717, 1.165) is 43.7 Å². The van der Waals surface area contributed by atoms with Gasteiger partial charge in [-0.25, -0.2) is 0 Å². The Morgan fingerprint density at radius 3 is 2.60 bits per heavy atom. The van der Waals surface area contributed by atoms with E-state index in [1.807, 2.05) is 37.4 Å². The minimum Gasteiger partial charge on any atom is -0.456 e. The third-order valence-corrected chi connectivity index (χ3v) is 6.89. The van der Waals surface area contributed by atoms with Gasteiger partial charge in [0.1, 0.15) is 11.2 Å². The summed E-state index contributed by atoms with van der Waals surface area (Å²) in [6, 6.07) is 12.7. The predicted molar refractivity (Wildman–Crippen MR) is 133 cm³/mol. The zero-order valence-corrected chi connectivity index (χ0v) is 19.2. The van der Waals surface area contributed by atoms with Crippen molar-refractivity contribution in [3.8, 4) is 11.3 Å². The molecular formula is C26H23NOS2. The maximum atomic E-state index is 6.22. The Bertz CT molecular complexity index is 1450. The Labute approximate surface area is 185 Å². The molecule has 0 bridgehead atoms. The molecule has 0 fully saturated rings. The molecule has 0 N–H and O–H groups in total. The maximum Gasteiger partial charge on any atom is 0.139 e. The number of fused-ring (bicyclic) bond motifs is 4. The molecule has 0 saturated heterocycles.